The van der Waals surface area contributed by atoms with Crippen LogP contribution in [0.3, 0.4) is 0 Å². The zero-order valence-corrected chi connectivity index (χ0v) is 11.5. The van der Waals surface area contributed by atoms with Gasteiger partial charge in [0, 0.05) is 32.5 Å². The fourth-order valence-electron chi connectivity index (χ4n) is 2.91. The summed E-state index contributed by atoms with van der Waals surface area (Å²) in [5, 5.41) is 2.92. The van der Waals surface area contributed by atoms with Gasteiger partial charge < -0.3 is 10.2 Å². The molecule has 2 rings (SSSR count). The van der Waals surface area contributed by atoms with Crippen LogP contribution in [0.25, 0.3) is 0 Å². The van der Waals surface area contributed by atoms with Gasteiger partial charge in [0.2, 0.25) is 11.8 Å². The Bertz CT molecular complexity index is 331. The molecule has 0 radical (unpaired) electrons. The maximum absolute atomic E-state index is 12.0. The minimum atomic E-state index is 0.145. The Kier molecular flexibility index (Phi) is 3.93. The van der Waals surface area contributed by atoms with Crippen LogP contribution >= 0.6 is 0 Å². The lowest BCUT2D eigenvalue weighted by molar-refractivity contribution is -0.133. The molecule has 1 N–H and O–H groups in total. The number of nitrogens with one attached hydrogen (secondary N) is 1. The second-order valence-electron chi connectivity index (χ2n) is 6.27. The molecule has 2 fully saturated rings. The molecule has 0 bridgehead atoms. The highest BCUT2D eigenvalue weighted by molar-refractivity contribution is 5.79. The van der Waals surface area contributed by atoms with Gasteiger partial charge in [-0.05, 0) is 30.6 Å². The minimum absolute atomic E-state index is 0.145. The second-order valence-corrected chi connectivity index (χ2v) is 6.27. The lowest BCUT2D eigenvalue weighted by Gasteiger charge is -2.38. The smallest absolute Gasteiger partial charge is 0.222 e. The molecule has 2 amide bonds. The van der Waals surface area contributed by atoms with Crippen molar-refractivity contribution in [2.24, 2.45) is 11.3 Å². The van der Waals surface area contributed by atoms with Gasteiger partial charge in [-0.3, -0.25) is 9.59 Å². The molecule has 0 saturated carbocycles. The largest absolute Gasteiger partial charge is 0.356 e. The Morgan fingerprint density at radius 3 is 2.56 bits per heavy atom. The van der Waals surface area contributed by atoms with Gasteiger partial charge in [-0.2, -0.15) is 0 Å². The first-order chi connectivity index (χ1) is 8.51. The summed E-state index contributed by atoms with van der Waals surface area (Å²) in [6, 6.07) is 0. The summed E-state index contributed by atoms with van der Waals surface area (Å²) < 4.78 is 0. The lowest BCUT2D eigenvalue weighted by atomic mass is 9.77. The van der Waals surface area contributed by atoms with Crippen molar-refractivity contribution >= 4 is 11.8 Å². The Labute approximate surface area is 109 Å². The summed E-state index contributed by atoms with van der Waals surface area (Å²) in [5.41, 5.74) is 0.145. The summed E-state index contributed by atoms with van der Waals surface area (Å²) in [5.74, 6) is 1.05. The van der Waals surface area contributed by atoms with E-state index in [1.807, 2.05) is 4.90 Å². The van der Waals surface area contributed by atoms with Gasteiger partial charge >= 0.3 is 0 Å². The van der Waals surface area contributed by atoms with E-state index in [1.54, 1.807) is 0 Å². The van der Waals surface area contributed by atoms with E-state index in [0.29, 0.717) is 18.8 Å². The third-order valence-corrected chi connectivity index (χ3v) is 4.31. The van der Waals surface area contributed by atoms with Gasteiger partial charge in [-0.25, -0.2) is 0 Å². The van der Waals surface area contributed by atoms with E-state index in [1.165, 1.54) is 0 Å². The van der Waals surface area contributed by atoms with Crippen LogP contribution in [0.1, 0.15) is 46.0 Å². The number of carbonyl (C=O) groups excluding carboxylic acids is 2. The van der Waals surface area contributed by atoms with E-state index in [2.05, 4.69) is 19.2 Å². The van der Waals surface area contributed by atoms with Gasteiger partial charge in [-0.15, -0.1) is 0 Å². The minimum Gasteiger partial charge on any atom is -0.356 e. The van der Waals surface area contributed by atoms with E-state index >= 15 is 0 Å². The SMILES string of the molecule is CC(C)CCC(=O)N1CCC2(CC1)CNC(=O)C2. The van der Waals surface area contributed by atoms with Gasteiger partial charge in [0.1, 0.15) is 0 Å². The molecule has 0 atom stereocenters. The fraction of sp³-hybridized carbons (Fsp3) is 0.857. The fourth-order valence-corrected chi connectivity index (χ4v) is 2.91. The van der Waals surface area contributed by atoms with E-state index in [9.17, 15) is 9.59 Å². The van der Waals surface area contributed by atoms with Crippen LogP contribution in [-0.2, 0) is 9.59 Å². The number of amides is 2. The highest BCUT2D eigenvalue weighted by Gasteiger charge is 2.41. The van der Waals surface area contributed by atoms with Crippen LogP contribution in [0.4, 0.5) is 0 Å². The first kappa shape index (κ1) is 13.4. The highest BCUT2D eigenvalue weighted by Crippen LogP contribution is 2.37. The highest BCUT2D eigenvalue weighted by atomic mass is 16.2. The molecule has 0 unspecified atom stereocenters. The van der Waals surface area contributed by atoms with Crippen molar-refractivity contribution in [1.29, 1.82) is 0 Å². The zero-order chi connectivity index (χ0) is 13.2. The van der Waals surface area contributed by atoms with Gasteiger partial charge in [0.25, 0.3) is 0 Å². The van der Waals surface area contributed by atoms with Crippen LogP contribution in [0.2, 0.25) is 0 Å². The lowest BCUT2D eigenvalue weighted by Crippen LogP contribution is -2.44. The standard InChI is InChI=1S/C14H24N2O2/c1-11(2)3-4-13(18)16-7-5-14(6-8-16)9-12(17)15-10-14/h11H,3-10H2,1-2H3,(H,15,17). The van der Waals surface area contributed by atoms with Crippen LogP contribution in [0, 0.1) is 11.3 Å². The number of hydrogen-bond donors (Lipinski definition) is 1. The Morgan fingerprint density at radius 2 is 2.06 bits per heavy atom. The summed E-state index contributed by atoms with van der Waals surface area (Å²) in [4.78, 5) is 25.3. The van der Waals surface area contributed by atoms with E-state index in [4.69, 9.17) is 0 Å². The normalized spacial score (nSPS) is 22.6. The van der Waals surface area contributed by atoms with Crippen molar-refractivity contribution < 1.29 is 9.59 Å². The van der Waals surface area contributed by atoms with Crippen molar-refractivity contribution in [3.8, 4) is 0 Å². The molecule has 2 aliphatic heterocycles. The van der Waals surface area contributed by atoms with E-state index in [-0.39, 0.29) is 17.2 Å². The Balaban J connectivity index is 1.79. The molecule has 0 aromatic heterocycles. The summed E-state index contributed by atoms with van der Waals surface area (Å²) in [6.07, 6.45) is 4.24. The molecule has 4 nitrogen and oxygen atoms in total. The average molecular weight is 252 g/mol. The van der Waals surface area contributed by atoms with Crippen molar-refractivity contribution in [3.63, 3.8) is 0 Å². The monoisotopic (exact) mass is 252 g/mol. The third kappa shape index (κ3) is 3.03. The maximum atomic E-state index is 12.0. The number of hydrogen-bond acceptors (Lipinski definition) is 2. The maximum Gasteiger partial charge on any atom is 0.222 e. The number of likely N-dealkylation sites (tertiary alicyclic amines) is 1. The number of piperidine rings is 1. The predicted octanol–water partition coefficient (Wildman–Crippen LogP) is 1.55. The molecule has 4 heteroatoms. The molecular weight excluding hydrogens is 228 g/mol. The predicted molar refractivity (Wildman–Crippen MR) is 69.9 cm³/mol. The van der Waals surface area contributed by atoms with Crippen LogP contribution in [0.15, 0.2) is 0 Å². The molecule has 2 aliphatic rings. The molecule has 2 heterocycles. The molecule has 18 heavy (non-hydrogen) atoms. The number of carbonyl (C=O) groups is 2. The van der Waals surface area contributed by atoms with Gasteiger partial charge in [0.05, 0.1) is 0 Å². The first-order valence-corrected chi connectivity index (χ1v) is 7.05. The molecule has 0 aromatic rings. The second kappa shape index (κ2) is 5.29. The zero-order valence-electron chi connectivity index (χ0n) is 11.5. The molecule has 102 valence electrons. The molecule has 0 aromatic carbocycles. The van der Waals surface area contributed by atoms with Crippen LogP contribution < -0.4 is 5.32 Å². The molecular formula is C14H24N2O2. The average Bonchev–Trinajstić information content (AvgIpc) is 2.68. The van der Waals surface area contributed by atoms with Gasteiger partial charge in [-0.1, -0.05) is 13.8 Å². The Morgan fingerprint density at radius 1 is 1.39 bits per heavy atom. The van der Waals surface area contributed by atoms with Crippen molar-refractivity contribution in [2.75, 3.05) is 19.6 Å². The summed E-state index contributed by atoms with van der Waals surface area (Å²) in [6.45, 7) is 6.75. The van der Waals surface area contributed by atoms with Crippen molar-refractivity contribution in [2.45, 2.75) is 46.0 Å². The number of nitrogens with zero attached hydrogens (tertiary/aromatic N) is 1. The number of rotatable bonds is 3. The summed E-state index contributed by atoms with van der Waals surface area (Å²) in [7, 11) is 0. The first-order valence-electron chi connectivity index (χ1n) is 7.05. The Hall–Kier alpha value is -1.06. The quantitative estimate of drug-likeness (QED) is 0.828. The molecule has 0 aliphatic carbocycles. The molecule has 1 spiro atoms. The van der Waals surface area contributed by atoms with Crippen LogP contribution in [0.5, 0.6) is 0 Å². The topological polar surface area (TPSA) is 49.4 Å². The van der Waals surface area contributed by atoms with Gasteiger partial charge in [0.15, 0.2) is 0 Å². The van der Waals surface area contributed by atoms with Crippen LogP contribution in [-0.4, -0.2) is 36.3 Å². The summed E-state index contributed by atoms with van der Waals surface area (Å²) >= 11 is 0. The van der Waals surface area contributed by atoms with Crippen molar-refractivity contribution in [1.82, 2.24) is 10.2 Å². The van der Waals surface area contributed by atoms with Crippen molar-refractivity contribution in [3.05, 3.63) is 0 Å². The molecule has 2 saturated heterocycles. The van der Waals surface area contributed by atoms with E-state index in [0.717, 1.165) is 38.9 Å². The van der Waals surface area contributed by atoms with E-state index < -0.39 is 0 Å². The third-order valence-electron chi connectivity index (χ3n) is 4.31.